The maximum Gasteiger partial charge on any atom is 0.300 e. The summed E-state index contributed by atoms with van der Waals surface area (Å²) < 4.78 is 0. The van der Waals surface area contributed by atoms with Gasteiger partial charge in [-0.05, 0) is 46.6 Å². The first-order valence-corrected chi connectivity index (χ1v) is 7.68. The third-order valence-electron chi connectivity index (χ3n) is 3.44. The molecule has 0 spiro atoms. The van der Waals surface area contributed by atoms with E-state index in [2.05, 4.69) is 47.0 Å². The average molecular weight is 325 g/mol. The number of hydrogen-bond acceptors (Lipinski definition) is 4. The Labute approximate surface area is 139 Å². The highest BCUT2D eigenvalue weighted by atomic mass is 16.5. The van der Waals surface area contributed by atoms with Gasteiger partial charge in [-0.3, -0.25) is 4.79 Å². The van der Waals surface area contributed by atoms with Crippen molar-refractivity contribution in [3.63, 3.8) is 0 Å². The van der Waals surface area contributed by atoms with Crippen LogP contribution < -0.4 is 5.48 Å². The Morgan fingerprint density at radius 1 is 1.04 bits per heavy atom. The van der Waals surface area contributed by atoms with Crippen molar-refractivity contribution in [1.29, 1.82) is 0 Å². The van der Waals surface area contributed by atoms with Crippen molar-refractivity contribution in [2.24, 2.45) is 0 Å². The highest BCUT2D eigenvalue weighted by Crippen LogP contribution is 2.40. The smallest absolute Gasteiger partial charge is 0.300 e. The second-order valence-corrected chi connectivity index (χ2v) is 7.83. The van der Waals surface area contributed by atoms with Gasteiger partial charge < -0.3 is 15.4 Å². The van der Waals surface area contributed by atoms with E-state index >= 15 is 0 Å². The number of phenolic OH excluding ortho intramolecular Hbond substituents is 1. The molecule has 1 aromatic carbocycles. The molecule has 0 heterocycles. The number of rotatable bonds is 2. The number of benzene rings is 1. The fourth-order valence-corrected chi connectivity index (χ4v) is 2.12. The third-order valence-corrected chi connectivity index (χ3v) is 3.44. The third kappa shape index (κ3) is 6.59. The topological polar surface area (TPSA) is 89.8 Å². The van der Waals surface area contributed by atoms with Crippen LogP contribution in [-0.4, -0.2) is 21.4 Å². The van der Waals surface area contributed by atoms with E-state index in [9.17, 15) is 5.11 Å². The summed E-state index contributed by atoms with van der Waals surface area (Å²) in [6, 6.07) is 3.78. The Hall–Kier alpha value is -1.59. The first kappa shape index (κ1) is 21.4. The monoisotopic (exact) mass is 325 g/mol. The number of phenols is 1. The quantitative estimate of drug-likeness (QED) is 0.614. The summed E-state index contributed by atoms with van der Waals surface area (Å²) in [7, 11) is 0. The molecule has 1 aromatic rings. The largest absolute Gasteiger partial charge is 0.507 e. The molecular weight excluding hydrogens is 294 g/mol. The zero-order valence-electron chi connectivity index (χ0n) is 15.5. The Kier molecular flexibility index (Phi) is 7.26. The van der Waals surface area contributed by atoms with Crippen molar-refractivity contribution in [2.75, 3.05) is 0 Å². The van der Waals surface area contributed by atoms with Crippen molar-refractivity contribution in [3.05, 3.63) is 28.8 Å². The van der Waals surface area contributed by atoms with E-state index < -0.39 is 5.97 Å². The number of aliphatic carboxylic acids is 1. The molecule has 0 aromatic heterocycles. The van der Waals surface area contributed by atoms with Crippen LogP contribution in [0.2, 0.25) is 0 Å². The predicted octanol–water partition coefficient (Wildman–Crippen LogP) is 4.12. The number of aromatic hydroxyl groups is 1. The van der Waals surface area contributed by atoms with E-state index in [1.54, 1.807) is 0 Å². The molecule has 5 nitrogen and oxygen atoms in total. The van der Waals surface area contributed by atoms with Gasteiger partial charge in [0.15, 0.2) is 0 Å². The van der Waals surface area contributed by atoms with Crippen molar-refractivity contribution in [2.45, 2.75) is 72.3 Å². The molecule has 0 saturated carbocycles. The molecule has 0 amide bonds. The Balaban J connectivity index is 0.00000108. The van der Waals surface area contributed by atoms with E-state index in [1.165, 1.54) is 0 Å². The lowest BCUT2D eigenvalue weighted by Crippen LogP contribution is -2.20. The summed E-state index contributed by atoms with van der Waals surface area (Å²) in [5.41, 5.74) is 4.80. The maximum atomic E-state index is 10.6. The Morgan fingerprint density at radius 3 is 1.57 bits per heavy atom. The zero-order valence-corrected chi connectivity index (χ0v) is 15.5. The first-order chi connectivity index (χ1) is 10.2. The van der Waals surface area contributed by atoms with Crippen LogP contribution >= 0.6 is 0 Å². The highest BCUT2D eigenvalue weighted by molar-refractivity contribution is 5.63. The van der Waals surface area contributed by atoms with Gasteiger partial charge in [-0.1, -0.05) is 41.5 Å². The second kappa shape index (κ2) is 7.79. The van der Waals surface area contributed by atoms with Crippen LogP contribution in [-0.2, 0) is 15.6 Å². The van der Waals surface area contributed by atoms with E-state index in [4.69, 9.17) is 15.1 Å². The van der Waals surface area contributed by atoms with Crippen molar-refractivity contribution >= 4 is 5.97 Å². The van der Waals surface area contributed by atoms with Crippen molar-refractivity contribution in [1.82, 2.24) is 5.48 Å². The fraction of sp³-hybridized carbons (Fsp3) is 0.611. The van der Waals surface area contributed by atoms with Crippen LogP contribution in [0.1, 0.15) is 78.1 Å². The molecule has 0 aliphatic rings. The van der Waals surface area contributed by atoms with Crippen molar-refractivity contribution < 1.29 is 20.2 Å². The van der Waals surface area contributed by atoms with Gasteiger partial charge in [-0.15, -0.1) is 0 Å². The molecule has 4 N–H and O–H groups in total. The van der Waals surface area contributed by atoms with E-state index in [0.29, 0.717) is 5.75 Å². The van der Waals surface area contributed by atoms with Gasteiger partial charge in [-0.25, -0.2) is 0 Å². The van der Waals surface area contributed by atoms with E-state index in [0.717, 1.165) is 23.6 Å². The minimum absolute atomic E-state index is 0.144. The van der Waals surface area contributed by atoms with Gasteiger partial charge in [0, 0.05) is 6.92 Å². The van der Waals surface area contributed by atoms with Gasteiger partial charge in [0.05, 0.1) is 6.04 Å². The number of hydrogen-bond donors (Lipinski definition) is 4. The lowest BCUT2D eigenvalue weighted by Gasteiger charge is -2.29. The summed E-state index contributed by atoms with van der Waals surface area (Å²) in [6.07, 6.45) is 0. The Morgan fingerprint density at radius 2 is 1.35 bits per heavy atom. The molecule has 0 radical (unpaired) electrons. The van der Waals surface area contributed by atoms with Gasteiger partial charge >= 0.3 is 0 Å². The number of hydroxylamine groups is 1. The molecule has 0 saturated heterocycles. The molecule has 132 valence electrons. The molecule has 1 atom stereocenters. The normalized spacial score (nSPS) is 13.1. The maximum absolute atomic E-state index is 10.6. The average Bonchev–Trinajstić information content (AvgIpc) is 2.34. The van der Waals surface area contributed by atoms with Crippen LogP contribution in [0, 0.1) is 0 Å². The Bertz CT molecular complexity index is 500. The predicted molar refractivity (Wildman–Crippen MR) is 92.2 cm³/mol. The zero-order chi connectivity index (χ0) is 18.6. The molecule has 0 bridgehead atoms. The standard InChI is InChI=1S/C16H27NO2.C2H4O2/c1-10(17-19)11-8-12(15(2,3)4)14(18)13(9-11)16(5,6)7;1-2(3)4/h8-10,17-19H,1-7H3;1H3,(H,3,4). The van der Waals surface area contributed by atoms with Crippen LogP contribution in [0.5, 0.6) is 5.75 Å². The number of carboxylic acid groups (broad SMARTS) is 1. The minimum atomic E-state index is -0.833. The molecule has 0 aliphatic carbocycles. The lowest BCUT2D eigenvalue weighted by molar-refractivity contribution is -0.134. The van der Waals surface area contributed by atoms with Crippen LogP contribution in [0.15, 0.2) is 12.1 Å². The SMILES string of the molecule is CC(=O)O.CC(NO)c1cc(C(C)(C)C)c(O)c(C(C)(C)C)c1. The molecular formula is C18H31NO4. The fourth-order valence-electron chi connectivity index (χ4n) is 2.12. The number of carbonyl (C=O) groups is 1. The number of carboxylic acids is 1. The van der Waals surface area contributed by atoms with Gasteiger partial charge in [0.1, 0.15) is 5.75 Å². The van der Waals surface area contributed by atoms with Crippen LogP contribution in [0.25, 0.3) is 0 Å². The number of nitrogens with one attached hydrogen (secondary N) is 1. The van der Waals surface area contributed by atoms with Crippen LogP contribution in [0.3, 0.4) is 0 Å². The molecule has 23 heavy (non-hydrogen) atoms. The van der Waals surface area contributed by atoms with Gasteiger partial charge in [0.2, 0.25) is 0 Å². The molecule has 1 rings (SSSR count). The summed E-state index contributed by atoms with van der Waals surface area (Å²) in [5.74, 6) is -0.464. The summed E-state index contributed by atoms with van der Waals surface area (Å²) in [4.78, 5) is 9.00. The summed E-state index contributed by atoms with van der Waals surface area (Å²) >= 11 is 0. The van der Waals surface area contributed by atoms with Gasteiger partial charge in [-0.2, -0.15) is 5.48 Å². The summed E-state index contributed by atoms with van der Waals surface area (Å²) in [6.45, 7) is 15.4. The van der Waals surface area contributed by atoms with E-state index in [-0.39, 0.29) is 16.9 Å². The summed E-state index contributed by atoms with van der Waals surface area (Å²) in [5, 5.41) is 27.1. The van der Waals surface area contributed by atoms with Gasteiger partial charge in [0.25, 0.3) is 5.97 Å². The van der Waals surface area contributed by atoms with Crippen molar-refractivity contribution in [3.8, 4) is 5.75 Å². The van der Waals surface area contributed by atoms with Crippen LogP contribution in [0.4, 0.5) is 0 Å². The van der Waals surface area contributed by atoms with E-state index in [1.807, 2.05) is 19.1 Å². The minimum Gasteiger partial charge on any atom is -0.507 e. The highest BCUT2D eigenvalue weighted by Gasteiger charge is 2.27. The molecule has 1 unspecified atom stereocenters. The second-order valence-electron chi connectivity index (χ2n) is 7.83. The lowest BCUT2D eigenvalue weighted by atomic mass is 9.78. The first-order valence-electron chi connectivity index (χ1n) is 7.68. The molecule has 0 fully saturated rings. The molecule has 0 aliphatic heterocycles. The molecule has 5 heteroatoms.